The van der Waals surface area contributed by atoms with E-state index in [2.05, 4.69) is 9.47 Å². The molecular formula is C8H12O7. The maximum Gasteiger partial charge on any atom is 0.339 e. The Kier molecular flexibility index (Phi) is 3.61. The molecule has 7 nitrogen and oxygen atoms in total. The zero-order valence-corrected chi connectivity index (χ0v) is 7.99. The van der Waals surface area contributed by atoms with Gasteiger partial charge in [-0.2, -0.15) is 0 Å². The van der Waals surface area contributed by atoms with Crippen LogP contribution in [0, 0.1) is 0 Å². The van der Waals surface area contributed by atoms with Crippen molar-refractivity contribution in [3.63, 3.8) is 0 Å². The molecule has 4 atom stereocenters. The fourth-order valence-electron chi connectivity index (χ4n) is 1.21. The summed E-state index contributed by atoms with van der Waals surface area (Å²) in [5.74, 6) is -2.08. The number of carbonyl (C=O) groups is 2. The quantitative estimate of drug-likeness (QED) is 0.453. The third-order valence-corrected chi connectivity index (χ3v) is 1.99. The van der Waals surface area contributed by atoms with Crippen molar-refractivity contribution in [2.75, 3.05) is 6.61 Å². The van der Waals surface area contributed by atoms with Gasteiger partial charge in [0, 0.05) is 0 Å². The van der Waals surface area contributed by atoms with E-state index in [9.17, 15) is 19.8 Å². The Morgan fingerprint density at radius 1 is 1.60 bits per heavy atom. The number of hydrogen-bond acceptors (Lipinski definition) is 7. The topological polar surface area (TPSA) is 113 Å². The average molecular weight is 220 g/mol. The Bertz CT molecular complexity index is 264. The van der Waals surface area contributed by atoms with Gasteiger partial charge in [0.2, 0.25) is 0 Å². The molecule has 1 fully saturated rings. The Labute approximate surface area is 85.2 Å². The average Bonchev–Trinajstić information content (AvgIpc) is 2.45. The summed E-state index contributed by atoms with van der Waals surface area (Å²) in [6.45, 7) is 1.59. The number of esters is 2. The summed E-state index contributed by atoms with van der Waals surface area (Å²) in [6, 6.07) is 0. The second kappa shape index (κ2) is 4.56. The van der Waals surface area contributed by atoms with Crippen LogP contribution in [0.15, 0.2) is 0 Å². The van der Waals surface area contributed by atoms with Gasteiger partial charge < -0.3 is 24.8 Å². The van der Waals surface area contributed by atoms with E-state index in [1.165, 1.54) is 6.92 Å². The molecule has 3 N–H and O–H groups in total. The summed E-state index contributed by atoms with van der Waals surface area (Å²) in [7, 11) is 0. The lowest BCUT2D eigenvalue weighted by molar-refractivity contribution is -0.166. The minimum absolute atomic E-state index is 0.0508. The first-order chi connectivity index (χ1) is 6.99. The van der Waals surface area contributed by atoms with E-state index < -0.39 is 36.4 Å². The van der Waals surface area contributed by atoms with E-state index in [0.717, 1.165) is 0 Å². The van der Waals surface area contributed by atoms with Crippen LogP contribution in [0.5, 0.6) is 0 Å². The summed E-state index contributed by atoms with van der Waals surface area (Å²) in [4.78, 5) is 21.8. The lowest BCUT2D eigenvalue weighted by Gasteiger charge is -2.18. The maximum atomic E-state index is 11.0. The highest BCUT2D eigenvalue weighted by Gasteiger charge is 2.48. The highest BCUT2D eigenvalue weighted by Crippen LogP contribution is 2.19. The Morgan fingerprint density at radius 3 is 2.60 bits per heavy atom. The van der Waals surface area contributed by atoms with Gasteiger partial charge in [0.05, 0.1) is 6.61 Å². The number of cyclic esters (lactones) is 1. The van der Waals surface area contributed by atoms with Gasteiger partial charge in [-0.05, 0) is 6.92 Å². The van der Waals surface area contributed by atoms with Gasteiger partial charge >= 0.3 is 11.9 Å². The number of hydrogen-bond donors (Lipinski definition) is 3. The summed E-state index contributed by atoms with van der Waals surface area (Å²) in [5.41, 5.74) is 0. The van der Waals surface area contributed by atoms with Crippen molar-refractivity contribution in [1.29, 1.82) is 0 Å². The van der Waals surface area contributed by atoms with Crippen LogP contribution in [-0.2, 0) is 19.1 Å². The predicted octanol–water partition coefficient (Wildman–Crippen LogP) is -2.44. The second-order valence-corrected chi connectivity index (χ2v) is 3.03. The number of carbonyl (C=O) groups excluding carboxylic acids is 2. The molecule has 0 aromatic carbocycles. The van der Waals surface area contributed by atoms with Crippen LogP contribution >= 0.6 is 0 Å². The third-order valence-electron chi connectivity index (χ3n) is 1.99. The van der Waals surface area contributed by atoms with Crippen LogP contribution in [0.3, 0.4) is 0 Å². The van der Waals surface area contributed by atoms with Crippen LogP contribution in [-0.4, -0.2) is 58.3 Å². The van der Waals surface area contributed by atoms with Crippen molar-refractivity contribution in [1.82, 2.24) is 0 Å². The SMILES string of the molecule is CCOC(=O)[C@@H](O)[C@H]1OC(=O)[C@@H](O)[C@H]1O. The number of ether oxygens (including phenoxy) is 2. The summed E-state index contributed by atoms with van der Waals surface area (Å²) in [5, 5.41) is 27.6. The standard InChI is InChI=1S/C8H12O7/c1-2-14-7(12)5(11)6-3(9)4(10)8(13)15-6/h3-6,9-11H,2H2,1H3/t3-,4+,5+,6+/m1/s1. The zero-order valence-electron chi connectivity index (χ0n) is 7.99. The fraction of sp³-hybridized carbons (Fsp3) is 0.750. The van der Waals surface area contributed by atoms with Crippen molar-refractivity contribution in [2.45, 2.75) is 31.3 Å². The highest BCUT2D eigenvalue weighted by atomic mass is 16.6. The molecule has 1 aliphatic rings. The van der Waals surface area contributed by atoms with Crippen LogP contribution in [0.4, 0.5) is 0 Å². The molecule has 1 saturated heterocycles. The Morgan fingerprint density at radius 2 is 2.20 bits per heavy atom. The molecule has 0 spiro atoms. The molecule has 0 amide bonds. The zero-order chi connectivity index (χ0) is 11.6. The largest absolute Gasteiger partial charge is 0.464 e. The molecular weight excluding hydrogens is 208 g/mol. The first kappa shape index (κ1) is 11.9. The minimum atomic E-state index is -1.79. The molecule has 15 heavy (non-hydrogen) atoms. The van der Waals surface area contributed by atoms with Crippen LogP contribution in [0.25, 0.3) is 0 Å². The van der Waals surface area contributed by atoms with Crippen LogP contribution in [0.1, 0.15) is 6.92 Å². The number of aliphatic hydroxyl groups excluding tert-OH is 3. The molecule has 0 aromatic heterocycles. The molecule has 1 aliphatic heterocycles. The molecule has 86 valence electrons. The molecule has 0 aromatic rings. The molecule has 0 saturated carbocycles. The van der Waals surface area contributed by atoms with Gasteiger partial charge in [-0.25, -0.2) is 9.59 Å². The molecule has 1 heterocycles. The fourth-order valence-corrected chi connectivity index (χ4v) is 1.21. The highest BCUT2D eigenvalue weighted by molar-refractivity contribution is 5.81. The van der Waals surface area contributed by atoms with Gasteiger partial charge in [-0.3, -0.25) is 0 Å². The normalized spacial score (nSPS) is 32.3. The van der Waals surface area contributed by atoms with Crippen molar-refractivity contribution in [3.8, 4) is 0 Å². The number of rotatable bonds is 3. The molecule has 0 bridgehead atoms. The maximum absolute atomic E-state index is 11.0. The van der Waals surface area contributed by atoms with Gasteiger partial charge in [0.1, 0.15) is 6.10 Å². The lowest BCUT2D eigenvalue weighted by atomic mass is 10.1. The van der Waals surface area contributed by atoms with Gasteiger partial charge in [0.25, 0.3) is 0 Å². The van der Waals surface area contributed by atoms with Crippen molar-refractivity contribution < 1.29 is 34.4 Å². The molecule has 7 heteroatoms. The van der Waals surface area contributed by atoms with E-state index in [-0.39, 0.29) is 6.61 Å². The van der Waals surface area contributed by atoms with Crippen molar-refractivity contribution >= 4 is 11.9 Å². The van der Waals surface area contributed by atoms with E-state index in [1.807, 2.05) is 0 Å². The van der Waals surface area contributed by atoms with E-state index >= 15 is 0 Å². The summed E-state index contributed by atoms with van der Waals surface area (Å²) in [6.07, 6.45) is -6.64. The predicted molar refractivity (Wildman–Crippen MR) is 44.5 cm³/mol. The van der Waals surface area contributed by atoms with Crippen molar-refractivity contribution in [2.24, 2.45) is 0 Å². The van der Waals surface area contributed by atoms with Crippen molar-refractivity contribution in [3.05, 3.63) is 0 Å². The van der Waals surface area contributed by atoms with Crippen LogP contribution < -0.4 is 0 Å². The first-order valence-corrected chi connectivity index (χ1v) is 4.40. The van der Waals surface area contributed by atoms with E-state index in [1.54, 1.807) is 0 Å². The summed E-state index contributed by atoms with van der Waals surface area (Å²) >= 11 is 0. The minimum Gasteiger partial charge on any atom is -0.464 e. The first-order valence-electron chi connectivity index (χ1n) is 4.40. The second-order valence-electron chi connectivity index (χ2n) is 3.03. The third kappa shape index (κ3) is 2.25. The van der Waals surface area contributed by atoms with Gasteiger partial charge in [-0.1, -0.05) is 0 Å². The Balaban J connectivity index is 2.65. The smallest absolute Gasteiger partial charge is 0.339 e. The van der Waals surface area contributed by atoms with Crippen LogP contribution in [0.2, 0.25) is 0 Å². The molecule has 0 radical (unpaired) electrons. The summed E-state index contributed by atoms with van der Waals surface area (Å²) < 4.78 is 8.89. The molecule has 0 unspecified atom stereocenters. The number of aliphatic hydroxyl groups is 3. The molecule has 0 aliphatic carbocycles. The lowest BCUT2D eigenvalue weighted by Crippen LogP contribution is -2.43. The monoisotopic (exact) mass is 220 g/mol. The van der Waals surface area contributed by atoms with Gasteiger partial charge in [0.15, 0.2) is 18.3 Å². The molecule has 1 rings (SSSR count). The van der Waals surface area contributed by atoms with E-state index in [0.29, 0.717) is 0 Å². The van der Waals surface area contributed by atoms with E-state index in [4.69, 9.17) is 5.11 Å². The Hall–Kier alpha value is -1.18. The van der Waals surface area contributed by atoms with Gasteiger partial charge in [-0.15, -0.1) is 0 Å².